The molecule has 1 aromatic carbocycles. The number of carbonyl (C=O) groups is 1. The molecule has 1 heterocycles. The van der Waals surface area contributed by atoms with Crippen molar-refractivity contribution in [3.63, 3.8) is 0 Å². The summed E-state index contributed by atoms with van der Waals surface area (Å²) < 4.78 is 36.7. The number of nitrogens with zero attached hydrogens (tertiary/aromatic N) is 2. The van der Waals surface area contributed by atoms with E-state index in [1.165, 1.54) is 10.9 Å². The fraction of sp³-hybridized carbons (Fsp3) is 0.474. The molecule has 3 rings (SSSR count). The Kier molecular flexibility index (Phi) is 6.80. The molecular weight excluding hydrogens is 372 g/mol. The van der Waals surface area contributed by atoms with Gasteiger partial charge in [0, 0.05) is 6.61 Å². The zero-order chi connectivity index (χ0) is 19.9. The zero-order valence-corrected chi connectivity index (χ0v) is 15.3. The van der Waals surface area contributed by atoms with Gasteiger partial charge in [0.1, 0.15) is 5.69 Å². The predicted octanol–water partition coefficient (Wildman–Crippen LogP) is 4.52. The number of hydrogen-bond donors (Lipinski definition) is 2. The third-order valence-electron chi connectivity index (χ3n) is 4.80. The van der Waals surface area contributed by atoms with Gasteiger partial charge in [0.25, 0.3) is 5.88 Å². The second-order valence-electron chi connectivity index (χ2n) is 6.81. The number of benzene rings is 1. The molecule has 1 amide bonds. The summed E-state index contributed by atoms with van der Waals surface area (Å²) in [5.74, 6) is 0.0228. The van der Waals surface area contributed by atoms with Crippen LogP contribution in [0, 0.1) is 5.92 Å². The lowest BCUT2D eigenvalue weighted by Crippen LogP contribution is -2.21. The van der Waals surface area contributed by atoms with E-state index < -0.39 is 18.6 Å². The number of alkyl halides is 2. The highest BCUT2D eigenvalue weighted by molar-refractivity contribution is 5.84. The van der Waals surface area contributed by atoms with Crippen LogP contribution in [0.3, 0.4) is 0 Å². The van der Waals surface area contributed by atoms with Gasteiger partial charge in [-0.3, -0.25) is 10.00 Å². The molecule has 0 saturated heterocycles. The second-order valence-corrected chi connectivity index (χ2v) is 6.81. The molecule has 0 atom stereocenters. The smallest absolute Gasteiger partial charge is 0.409 e. The van der Waals surface area contributed by atoms with Crippen molar-refractivity contribution in [2.24, 2.45) is 5.92 Å². The summed E-state index contributed by atoms with van der Waals surface area (Å²) in [7, 11) is 0. The molecule has 1 fully saturated rings. The number of carboxylic acid groups (broad SMARTS) is 1. The largest absolute Gasteiger partial charge is 0.465 e. The normalized spacial score (nSPS) is 19.5. The summed E-state index contributed by atoms with van der Waals surface area (Å²) in [4.78, 5) is 10.8. The van der Waals surface area contributed by atoms with Crippen LogP contribution in [0.1, 0.15) is 37.3 Å². The van der Waals surface area contributed by atoms with Crippen LogP contribution in [0.5, 0.6) is 5.88 Å². The van der Waals surface area contributed by atoms with E-state index in [4.69, 9.17) is 9.84 Å². The number of aromatic nitrogens is 2. The van der Waals surface area contributed by atoms with E-state index >= 15 is 0 Å². The van der Waals surface area contributed by atoms with Crippen LogP contribution in [0.2, 0.25) is 0 Å². The van der Waals surface area contributed by atoms with Gasteiger partial charge in [-0.25, -0.2) is 4.79 Å². The van der Waals surface area contributed by atoms with E-state index in [2.05, 4.69) is 9.84 Å². The van der Waals surface area contributed by atoms with Crippen molar-refractivity contribution in [2.45, 2.75) is 44.9 Å². The van der Waals surface area contributed by atoms with E-state index in [1.54, 1.807) is 0 Å². The molecule has 28 heavy (non-hydrogen) atoms. The monoisotopic (exact) mass is 395 g/mol. The van der Waals surface area contributed by atoms with Crippen molar-refractivity contribution in [3.05, 3.63) is 42.1 Å². The highest BCUT2D eigenvalue weighted by Gasteiger charge is 2.25. The first-order chi connectivity index (χ1) is 13.5. The maximum Gasteiger partial charge on any atom is 0.409 e. The number of halogens is 2. The van der Waals surface area contributed by atoms with Gasteiger partial charge < -0.3 is 14.6 Å². The Morgan fingerprint density at radius 1 is 1.25 bits per heavy atom. The van der Waals surface area contributed by atoms with E-state index in [-0.39, 0.29) is 11.7 Å². The van der Waals surface area contributed by atoms with Crippen molar-refractivity contribution in [3.8, 4) is 5.88 Å². The Bertz CT molecular complexity index is 762. The van der Waals surface area contributed by atoms with Gasteiger partial charge in [-0.1, -0.05) is 30.3 Å². The molecule has 0 unspecified atom stereocenters. The first kappa shape index (κ1) is 20.1. The summed E-state index contributed by atoms with van der Waals surface area (Å²) in [6.07, 6.45) is 3.50. The molecule has 7 nitrogen and oxygen atoms in total. The number of rotatable bonds is 8. The van der Waals surface area contributed by atoms with Crippen LogP contribution < -0.4 is 10.1 Å². The van der Waals surface area contributed by atoms with Crippen molar-refractivity contribution in [1.82, 2.24) is 9.78 Å². The SMILES string of the molecule is O=C(O)Nc1cn(C2CCC(COCc3ccccc3)CC2)nc1OC(F)F. The predicted molar refractivity (Wildman–Crippen MR) is 97.6 cm³/mol. The maximum absolute atomic E-state index is 12.5. The average molecular weight is 395 g/mol. The molecule has 9 heteroatoms. The molecule has 2 aromatic rings. The molecule has 1 aromatic heterocycles. The van der Waals surface area contributed by atoms with Gasteiger partial charge in [-0.05, 0) is 37.2 Å². The van der Waals surface area contributed by atoms with Gasteiger partial charge >= 0.3 is 12.7 Å². The number of nitrogens with one attached hydrogen (secondary N) is 1. The third kappa shape index (κ3) is 5.66. The molecule has 0 aliphatic heterocycles. The molecular formula is C19H23F2N3O4. The Labute approximate surface area is 161 Å². The molecule has 1 aliphatic rings. The minimum Gasteiger partial charge on any atom is -0.465 e. The number of ether oxygens (including phenoxy) is 2. The molecule has 0 spiro atoms. The van der Waals surface area contributed by atoms with Crippen LogP contribution in [0.25, 0.3) is 0 Å². The van der Waals surface area contributed by atoms with Gasteiger partial charge in [0.05, 0.1) is 18.8 Å². The summed E-state index contributed by atoms with van der Waals surface area (Å²) in [5.41, 5.74) is 1.05. The van der Waals surface area contributed by atoms with Crippen LogP contribution >= 0.6 is 0 Å². The zero-order valence-electron chi connectivity index (χ0n) is 15.3. The van der Waals surface area contributed by atoms with Crippen molar-refractivity contribution in [1.29, 1.82) is 0 Å². The lowest BCUT2D eigenvalue weighted by Gasteiger charge is -2.28. The van der Waals surface area contributed by atoms with Crippen LogP contribution in [-0.2, 0) is 11.3 Å². The van der Waals surface area contributed by atoms with E-state index in [0.29, 0.717) is 19.1 Å². The summed E-state index contributed by atoms with van der Waals surface area (Å²) in [6, 6.07) is 9.98. The standard InChI is InChI=1S/C19H23F2N3O4/c20-18(21)28-17-16(22-19(25)26)10-24(23-17)15-8-6-14(7-9-15)12-27-11-13-4-2-1-3-5-13/h1-5,10,14-15,18,22H,6-9,11-12H2,(H,25,26). The first-order valence-corrected chi connectivity index (χ1v) is 9.17. The summed E-state index contributed by atoms with van der Waals surface area (Å²) >= 11 is 0. The highest BCUT2D eigenvalue weighted by atomic mass is 19.3. The third-order valence-corrected chi connectivity index (χ3v) is 4.80. The fourth-order valence-electron chi connectivity index (χ4n) is 3.43. The van der Waals surface area contributed by atoms with Gasteiger partial charge in [0.2, 0.25) is 0 Å². The Hall–Kier alpha value is -2.68. The minimum absolute atomic E-state index is 0.00902. The Morgan fingerprint density at radius 2 is 1.96 bits per heavy atom. The molecule has 152 valence electrons. The molecule has 0 radical (unpaired) electrons. The minimum atomic E-state index is -3.07. The molecule has 0 bridgehead atoms. The fourth-order valence-corrected chi connectivity index (χ4v) is 3.43. The van der Waals surface area contributed by atoms with Crippen LogP contribution in [-0.4, -0.2) is 34.2 Å². The first-order valence-electron chi connectivity index (χ1n) is 9.17. The second kappa shape index (κ2) is 9.50. The van der Waals surface area contributed by atoms with Crippen molar-refractivity contribution >= 4 is 11.8 Å². The average Bonchev–Trinajstić information content (AvgIpc) is 3.04. The van der Waals surface area contributed by atoms with Crippen LogP contribution in [0.15, 0.2) is 36.5 Å². The van der Waals surface area contributed by atoms with E-state index in [1.807, 2.05) is 35.6 Å². The molecule has 1 aliphatic carbocycles. The van der Waals surface area contributed by atoms with Gasteiger partial charge in [0.15, 0.2) is 0 Å². The lowest BCUT2D eigenvalue weighted by atomic mass is 9.86. The highest BCUT2D eigenvalue weighted by Crippen LogP contribution is 2.35. The number of anilines is 1. The summed E-state index contributed by atoms with van der Waals surface area (Å²) in [5, 5.41) is 14.9. The number of hydrogen-bond acceptors (Lipinski definition) is 4. The van der Waals surface area contributed by atoms with Crippen molar-refractivity contribution < 1.29 is 28.2 Å². The van der Waals surface area contributed by atoms with Crippen LogP contribution in [0.4, 0.5) is 19.3 Å². The lowest BCUT2D eigenvalue weighted by molar-refractivity contribution is -0.0529. The molecule has 2 N–H and O–H groups in total. The molecule has 1 saturated carbocycles. The summed E-state index contributed by atoms with van der Waals surface area (Å²) in [6.45, 7) is -1.82. The maximum atomic E-state index is 12.5. The van der Waals surface area contributed by atoms with Gasteiger partial charge in [-0.15, -0.1) is 5.10 Å². The van der Waals surface area contributed by atoms with Gasteiger partial charge in [-0.2, -0.15) is 8.78 Å². The van der Waals surface area contributed by atoms with Crippen molar-refractivity contribution in [2.75, 3.05) is 11.9 Å². The van der Waals surface area contributed by atoms with E-state index in [9.17, 15) is 13.6 Å². The topological polar surface area (TPSA) is 85.6 Å². The quantitative estimate of drug-likeness (QED) is 0.686. The van der Waals surface area contributed by atoms with E-state index in [0.717, 1.165) is 31.2 Å². The Balaban J connectivity index is 1.51. The Morgan fingerprint density at radius 3 is 2.61 bits per heavy atom. The number of amides is 1.